The number of rotatable bonds is 4. The third-order valence-electron chi connectivity index (χ3n) is 5.28. The molecular weight excluding hydrogens is 455 g/mol. The Hall–Kier alpha value is -3.07. The highest BCUT2D eigenvalue weighted by Gasteiger charge is 2.33. The molecule has 0 radical (unpaired) electrons. The van der Waals surface area contributed by atoms with Gasteiger partial charge in [-0.15, -0.1) is 0 Å². The summed E-state index contributed by atoms with van der Waals surface area (Å²) in [6, 6.07) is 5.56. The van der Waals surface area contributed by atoms with Crippen molar-refractivity contribution in [2.24, 2.45) is 4.99 Å². The van der Waals surface area contributed by atoms with E-state index in [0.29, 0.717) is 10.6 Å². The second kappa shape index (κ2) is 10.2. The zero-order valence-corrected chi connectivity index (χ0v) is 19.2. The molecule has 1 atom stereocenters. The molecule has 176 valence electrons. The highest BCUT2D eigenvalue weighted by Crippen LogP contribution is 2.29. The lowest BCUT2D eigenvalue weighted by Gasteiger charge is -2.16. The molecule has 0 aliphatic heterocycles. The molecule has 2 aromatic rings. The van der Waals surface area contributed by atoms with Crippen LogP contribution in [0.2, 0.25) is 0 Å². The summed E-state index contributed by atoms with van der Waals surface area (Å²) in [4.78, 5) is 17.4. The minimum Gasteiger partial charge on any atom is -0.309 e. The predicted octanol–water partition coefficient (Wildman–Crippen LogP) is 5.86. The van der Waals surface area contributed by atoms with Crippen LogP contribution in [0.1, 0.15) is 53.4 Å². The first-order valence-electron chi connectivity index (χ1n) is 10.5. The summed E-state index contributed by atoms with van der Waals surface area (Å²) in [6.07, 6.45) is 1.95. The number of aromatic nitrogens is 2. The van der Waals surface area contributed by atoms with Crippen molar-refractivity contribution < 1.29 is 18.0 Å². The molecule has 1 heterocycles. The SMILES string of the molecule is Cc1ccc(C(=O)NC(=NC(C)C2=CCCCC=C2Cl)Nc2cc(C(F)(F)F)[nH]n2)cc1C. The van der Waals surface area contributed by atoms with Gasteiger partial charge >= 0.3 is 6.18 Å². The second-order valence-corrected chi connectivity index (χ2v) is 8.25. The zero-order valence-electron chi connectivity index (χ0n) is 18.5. The lowest BCUT2D eigenvalue weighted by Crippen LogP contribution is -2.37. The van der Waals surface area contributed by atoms with Crippen molar-refractivity contribution in [1.29, 1.82) is 0 Å². The van der Waals surface area contributed by atoms with E-state index in [1.807, 2.05) is 37.2 Å². The summed E-state index contributed by atoms with van der Waals surface area (Å²) in [5, 5.41) is 11.5. The topological polar surface area (TPSA) is 82.2 Å². The normalized spacial score (nSPS) is 15.9. The standard InChI is InChI=1S/C23H25ClF3N5O/c1-13-9-10-16(11-14(13)2)21(33)30-22(29-20-12-19(31-32-20)23(25,26)27)28-15(3)17-7-5-4-6-8-18(17)24/h7-12,15H,4-6H2,1-3H3,(H3,28,29,30,31,32,33). The molecule has 0 bridgehead atoms. The van der Waals surface area contributed by atoms with Gasteiger partial charge in [0.15, 0.2) is 5.82 Å². The maximum absolute atomic E-state index is 12.9. The minimum atomic E-state index is -4.58. The van der Waals surface area contributed by atoms with Gasteiger partial charge in [0, 0.05) is 16.7 Å². The number of halogens is 4. The summed E-state index contributed by atoms with van der Waals surface area (Å²) < 4.78 is 38.8. The molecule has 0 fully saturated rings. The van der Waals surface area contributed by atoms with Gasteiger partial charge in [0.1, 0.15) is 5.69 Å². The van der Waals surface area contributed by atoms with E-state index < -0.39 is 23.8 Å². The molecule has 6 nitrogen and oxygen atoms in total. The van der Waals surface area contributed by atoms with Crippen molar-refractivity contribution in [1.82, 2.24) is 15.5 Å². The van der Waals surface area contributed by atoms with Crippen LogP contribution in [0, 0.1) is 13.8 Å². The monoisotopic (exact) mass is 479 g/mol. The number of alkyl halides is 3. The fourth-order valence-electron chi connectivity index (χ4n) is 3.26. The van der Waals surface area contributed by atoms with E-state index in [1.165, 1.54) is 0 Å². The van der Waals surface area contributed by atoms with Crippen LogP contribution >= 0.6 is 11.6 Å². The highest BCUT2D eigenvalue weighted by molar-refractivity contribution is 6.32. The van der Waals surface area contributed by atoms with Crippen molar-refractivity contribution >= 4 is 29.3 Å². The second-order valence-electron chi connectivity index (χ2n) is 7.84. The number of nitrogens with zero attached hydrogens (tertiary/aromatic N) is 2. The van der Waals surface area contributed by atoms with Gasteiger partial charge in [0.05, 0.1) is 6.04 Å². The van der Waals surface area contributed by atoms with E-state index in [0.717, 1.165) is 42.0 Å². The Morgan fingerprint density at radius 2 is 1.91 bits per heavy atom. The van der Waals surface area contributed by atoms with Gasteiger partial charge in [-0.25, -0.2) is 4.99 Å². The van der Waals surface area contributed by atoms with Gasteiger partial charge in [0.25, 0.3) is 5.91 Å². The fraction of sp³-hybridized carbons (Fsp3) is 0.348. The number of benzene rings is 1. The van der Waals surface area contributed by atoms with Crippen molar-refractivity contribution in [3.63, 3.8) is 0 Å². The van der Waals surface area contributed by atoms with Crippen LogP contribution in [0.15, 0.2) is 52.0 Å². The van der Waals surface area contributed by atoms with E-state index >= 15 is 0 Å². The first-order valence-corrected chi connectivity index (χ1v) is 10.8. The molecule has 3 N–H and O–H groups in total. The number of nitrogens with one attached hydrogen (secondary N) is 3. The summed E-state index contributed by atoms with van der Waals surface area (Å²) >= 11 is 6.39. The van der Waals surface area contributed by atoms with E-state index in [1.54, 1.807) is 19.1 Å². The van der Waals surface area contributed by atoms with Gasteiger partial charge in [-0.1, -0.05) is 29.8 Å². The van der Waals surface area contributed by atoms with Crippen LogP contribution in [-0.4, -0.2) is 28.1 Å². The van der Waals surface area contributed by atoms with Gasteiger partial charge in [-0.2, -0.15) is 18.3 Å². The number of carbonyl (C=O) groups excluding carboxylic acids is 1. The largest absolute Gasteiger partial charge is 0.432 e. The van der Waals surface area contributed by atoms with Gasteiger partial charge < -0.3 is 5.32 Å². The number of anilines is 1. The van der Waals surface area contributed by atoms with Crippen LogP contribution in [-0.2, 0) is 6.18 Å². The van der Waals surface area contributed by atoms with E-state index in [4.69, 9.17) is 11.6 Å². The zero-order chi connectivity index (χ0) is 24.2. The lowest BCUT2D eigenvalue weighted by molar-refractivity contribution is -0.141. The summed E-state index contributed by atoms with van der Waals surface area (Å²) in [5.41, 5.74) is 2.13. The first kappa shape index (κ1) is 24.6. The number of allylic oxidation sites excluding steroid dienone is 2. The summed E-state index contributed by atoms with van der Waals surface area (Å²) in [6.45, 7) is 5.61. The maximum Gasteiger partial charge on any atom is 0.432 e. The quantitative estimate of drug-likeness (QED) is 0.379. The van der Waals surface area contributed by atoms with Crippen LogP contribution in [0.4, 0.5) is 19.0 Å². The van der Waals surface area contributed by atoms with Crippen molar-refractivity contribution in [3.05, 3.63) is 69.4 Å². The number of amides is 1. The van der Waals surface area contributed by atoms with Crippen LogP contribution in [0.25, 0.3) is 0 Å². The van der Waals surface area contributed by atoms with Crippen molar-refractivity contribution in [2.45, 2.75) is 52.3 Å². The maximum atomic E-state index is 12.9. The van der Waals surface area contributed by atoms with Gasteiger partial charge in [0.2, 0.25) is 5.96 Å². The number of guanidine groups is 1. The molecule has 1 aromatic heterocycles. The molecule has 1 unspecified atom stereocenters. The fourth-order valence-corrected chi connectivity index (χ4v) is 3.61. The number of hydrogen-bond donors (Lipinski definition) is 3. The molecule has 0 saturated carbocycles. The number of H-pyrrole nitrogens is 1. The van der Waals surface area contributed by atoms with Crippen molar-refractivity contribution in [2.75, 3.05) is 5.32 Å². The van der Waals surface area contributed by atoms with Crippen LogP contribution < -0.4 is 10.6 Å². The minimum absolute atomic E-state index is 0.0411. The number of carbonyl (C=O) groups is 1. The third kappa shape index (κ3) is 6.47. The highest BCUT2D eigenvalue weighted by atomic mass is 35.5. The number of aromatic amines is 1. The summed E-state index contributed by atoms with van der Waals surface area (Å²) in [7, 11) is 0. The molecule has 10 heteroatoms. The number of hydrogen-bond acceptors (Lipinski definition) is 3. The molecule has 1 aromatic carbocycles. The Balaban J connectivity index is 1.90. The predicted molar refractivity (Wildman–Crippen MR) is 123 cm³/mol. The average Bonchev–Trinajstić information content (AvgIpc) is 3.10. The van der Waals surface area contributed by atoms with E-state index in [-0.39, 0.29) is 11.8 Å². The third-order valence-corrected chi connectivity index (χ3v) is 5.65. The van der Waals surface area contributed by atoms with E-state index in [9.17, 15) is 18.0 Å². The molecule has 1 amide bonds. The molecule has 1 aliphatic carbocycles. The Labute approximate surface area is 195 Å². The Morgan fingerprint density at radius 1 is 1.18 bits per heavy atom. The van der Waals surface area contributed by atoms with Crippen LogP contribution in [0.5, 0.6) is 0 Å². The van der Waals surface area contributed by atoms with E-state index in [2.05, 4.69) is 20.7 Å². The van der Waals surface area contributed by atoms with Crippen LogP contribution in [0.3, 0.4) is 0 Å². The Morgan fingerprint density at radius 3 is 2.58 bits per heavy atom. The number of aliphatic imine (C=N–C) groups is 1. The first-order chi connectivity index (χ1) is 15.5. The number of aryl methyl sites for hydroxylation is 2. The molecule has 3 rings (SSSR count). The molecule has 33 heavy (non-hydrogen) atoms. The summed E-state index contributed by atoms with van der Waals surface area (Å²) in [5.74, 6) is -0.634. The molecule has 1 aliphatic rings. The van der Waals surface area contributed by atoms with Gasteiger partial charge in [-0.05, 0) is 68.9 Å². The molecular formula is C23H25ClF3N5O. The average molecular weight is 480 g/mol. The smallest absolute Gasteiger partial charge is 0.309 e. The van der Waals surface area contributed by atoms with Gasteiger partial charge in [-0.3, -0.25) is 15.2 Å². The lowest BCUT2D eigenvalue weighted by atomic mass is 10.1. The Bertz CT molecular complexity index is 1120. The molecule has 0 spiro atoms. The van der Waals surface area contributed by atoms with Crippen molar-refractivity contribution in [3.8, 4) is 0 Å². The Kier molecular flexibility index (Phi) is 7.63. The molecule has 0 saturated heterocycles.